The first kappa shape index (κ1) is 18.7. The van der Waals surface area contributed by atoms with E-state index in [9.17, 15) is 4.79 Å². The van der Waals surface area contributed by atoms with Crippen molar-refractivity contribution in [1.82, 2.24) is 0 Å². The van der Waals surface area contributed by atoms with Crippen molar-refractivity contribution in [2.24, 2.45) is 0 Å². The number of carbonyl (C=O) groups is 1. The van der Waals surface area contributed by atoms with Gasteiger partial charge in [0.25, 0.3) is 0 Å². The third kappa shape index (κ3) is 7.57. The topological polar surface area (TPSA) is 26.3 Å². The zero-order valence-corrected chi connectivity index (χ0v) is 14.6. The Bertz CT molecular complexity index is 518. The van der Waals surface area contributed by atoms with Crippen LogP contribution in [0.2, 0.25) is 0 Å². The van der Waals surface area contributed by atoms with Gasteiger partial charge in [-0.1, -0.05) is 64.6 Å². The van der Waals surface area contributed by atoms with E-state index in [-0.39, 0.29) is 5.97 Å². The van der Waals surface area contributed by atoms with Gasteiger partial charge in [-0.05, 0) is 38.0 Å². The average molecular weight is 335 g/mol. The number of benzene rings is 1. The molecule has 0 saturated carbocycles. The second-order valence-corrected chi connectivity index (χ2v) is 7.11. The first-order valence-electron chi connectivity index (χ1n) is 7.15. The van der Waals surface area contributed by atoms with E-state index in [1.54, 1.807) is 22.9 Å². The number of allylic oxidation sites excluding steroid dienone is 2. The monoisotopic (exact) mass is 334 g/mol. The molecule has 4 heteroatoms. The molecular weight excluding hydrogens is 312 g/mol. The molecule has 0 aromatic heterocycles. The lowest BCUT2D eigenvalue weighted by molar-refractivity contribution is -0.138. The molecule has 0 unspecified atom stereocenters. The van der Waals surface area contributed by atoms with Crippen molar-refractivity contribution in [3.63, 3.8) is 0 Å². The third-order valence-corrected chi connectivity index (χ3v) is 5.25. The number of aryl methyl sites for hydroxylation is 1. The fourth-order valence-corrected chi connectivity index (χ4v) is 3.69. The van der Waals surface area contributed by atoms with Crippen molar-refractivity contribution in [3.8, 4) is 0 Å². The Kier molecular flexibility index (Phi) is 9.51. The quantitative estimate of drug-likeness (QED) is 0.189. The second kappa shape index (κ2) is 11.2. The zero-order chi connectivity index (χ0) is 16.2. The van der Waals surface area contributed by atoms with E-state index in [2.05, 4.69) is 44.3 Å². The van der Waals surface area contributed by atoms with Crippen molar-refractivity contribution >= 4 is 27.6 Å². The Hall–Kier alpha value is -1.39. The molecule has 0 radical (unpaired) electrons. The summed E-state index contributed by atoms with van der Waals surface area (Å²) in [6.07, 6.45) is 6.52. The summed E-state index contributed by atoms with van der Waals surface area (Å²) in [6, 6.07) is 8.52. The summed E-state index contributed by atoms with van der Waals surface area (Å²) in [5.41, 5.74) is 1.72. The molecule has 118 valence electrons. The van der Waals surface area contributed by atoms with E-state index in [0.29, 0.717) is 12.2 Å². The molecule has 0 N–H and O–H groups in total. The number of carbonyl (C=O) groups excluding carboxylic acids is 1. The molecule has 0 aliphatic rings. The molecule has 0 atom stereocenters. The van der Waals surface area contributed by atoms with Crippen LogP contribution in [0, 0.1) is 6.92 Å². The maximum Gasteiger partial charge on any atom is 0.338 e. The highest BCUT2D eigenvalue weighted by Gasteiger charge is 2.05. The van der Waals surface area contributed by atoms with Crippen LogP contribution in [0.15, 0.2) is 66.1 Å². The predicted molar refractivity (Wildman–Crippen MR) is 98.2 cm³/mol. The minimum Gasteiger partial charge on any atom is -0.462 e. The molecule has 0 saturated heterocycles. The summed E-state index contributed by atoms with van der Waals surface area (Å²) in [7, 11) is 3.61. The zero-order valence-electron chi connectivity index (χ0n) is 12.9. The van der Waals surface area contributed by atoms with Gasteiger partial charge in [-0.3, -0.25) is 0 Å². The van der Waals surface area contributed by atoms with Crippen LogP contribution in [0.1, 0.15) is 18.4 Å². The van der Waals surface area contributed by atoms with Crippen LogP contribution in [0.3, 0.4) is 0 Å². The molecule has 0 fully saturated rings. The Morgan fingerprint density at radius 1 is 1.23 bits per heavy atom. The largest absolute Gasteiger partial charge is 0.462 e. The molecule has 1 aromatic rings. The van der Waals surface area contributed by atoms with Crippen LogP contribution in [0.4, 0.5) is 0 Å². The summed E-state index contributed by atoms with van der Waals surface area (Å²) in [5.74, 6) is 0.698. The van der Waals surface area contributed by atoms with Gasteiger partial charge in [0.1, 0.15) is 0 Å². The number of hydrogen-bond donors (Lipinski definition) is 0. The molecule has 0 amide bonds. The van der Waals surface area contributed by atoms with Crippen LogP contribution in [0.5, 0.6) is 0 Å². The summed E-state index contributed by atoms with van der Waals surface area (Å²) >= 11 is 0. The normalized spacial score (nSPS) is 11.0. The minimum absolute atomic E-state index is 0.336. The van der Waals surface area contributed by atoms with Crippen LogP contribution >= 0.6 is 21.6 Å². The van der Waals surface area contributed by atoms with Crippen molar-refractivity contribution in [3.05, 3.63) is 66.8 Å². The van der Waals surface area contributed by atoms with Gasteiger partial charge in [0.2, 0.25) is 0 Å². The number of unbranched alkanes of at least 4 members (excludes halogenated alkanes) is 1. The fourth-order valence-electron chi connectivity index (χ4n) is 1.56. The van der Waals surface area contributed by atoms with Crippen molar-refractivity contribution in [2.75, 3.05) is 12.4 Å². The van der Waals surface area contributed by atoms with E-state index < -0.39 is 0 Å². The lowest BCUT2D eigenvalue weighted by Gasteiger charge is -2.05. The van der Waals surface area contributed by atoms with Gasteiger partial charge in [0, 0.05) is 10.6 Å². The third-order valence-electron chi connectivity index (χ3n) is 2.78. The molecule has 0 aliphatic heterocycles. The van der Waals surface area contributed by atoms with E-state index in [4.69, 9.17) is 4.74 Å². The molecule has 0 aliphatic carbocycles. The number of rotatable bonds is 10. The second-order valence-electron chi connectivity index (χ2n) is 4.62. The van der Waals surface area contributed by atoms with Gasteiger partial charge in [0.15, 0.2) is 0 Å². The number of esters is 1. The Morgan fingerprint density at radius 2 is 1.95 bits per heavy atom. The molecule has 22 heavy (non-hydrogen) atoms. The summed E-state index contributed by atoms with van der Waals surface area (Å²) in [4.78, 5) is 12.9. The molecule has 1 aromatic carbocycles. The molecule has 0 heterocycles. The average Bonchev–Trinajstić information content (AvgIpc) is 2.53. The van der Waals surface area contributed by atoms with Gasteiger partial charge < -0.3 is 4.74 Å². The molecule has 2 nitrogen and oxygen atoms in total. The van der Waals surface area contributed by atoms with Gasteiger partial charge in [-0.25, -0.2) is 4.79 Å². The van der Waals surface area contributed by atoms with E-state index in [1.807, 2.05) is 10.8 Å². The lowest BCUT2D eigenvalue weighted by atomic mass is 10.2. The van der Waals surface area contributed by atoms with Gasteiger partial charge in [0.05, 0.1) is 12.2 Å². The molecule has 0 bridgehead atoms. The van der Waals surface area contributed by atoms with Gasteiger partial charge in [-0.2, -0.15) is 0 Å². The van der Waals surface area contributed by atoms with E-state index >= 15 is 0 Å². The standard InChI is InChI=1S/C18H22O2S2/c1-4-8-16(5-2)18(19)20-13-6-7-14-21-22-17-11-9-15(3)10-12-17/h4-5,8-12H,1-2,6-7,13-14H2,3H3/b16-8+. The fraction of sp³-hybridized carbons (Fsp3) is 0.278. The molecular formula is C18H22O2S2. The summed E-state index contributed by atoms with van der Waals surface area (Å²) in [6.45, 7) is 9.66. The minimum atomic E-state index is -0.336. The highest BCUT2D eigenvalue weighted by atomic mass is 33.1. The first-order chi connectivity index (χ1) is 10.7. The first-order valence-corrected chi connectivity index (χ1v) is 9.47. The predicted octanol–water partition coefficient (Wildman–Crippen LogP) is 5.36. The van der Waals surface area contributed by atoms with E-state index in [0.717, 1.165) is 18.6 Å². The van der Waals surface area contributed by atoms with Crippen molar-refractivity contribution in [1.29, 1.82) is 0 Å². The Labute approximate surface area is 141 Å². The smallest absolute Gasteiger partial charge is 0.338 e. The summed E-state index contributed by atoms with van der Waals surface area (Å²) in [5, 5.41) is 0. The highest BCUT2D eigenvalue weighted by molar-refractivity contribution is 8.76. The van der Waals surface area contributed by atoms with E-state index in [1.165, 1.54) is 16.5 Å². The van der Waals surface area contributed by atoms with Crippen LogP contribution < -0.4 is 0 Å². The van der Waals surface area contributed by atoms with Crippen LogP contribution in [-0.4, -0.2) is 18.3 Å². The SMILES string of the molecule is C=C/C=C(\C=C)C(=O)OCCCCSSc1ccc(C)cc1. The maximum absolute atomic E-state index is 11.6. The van der Waals surface area contributed by atoms with Crippen LogP contribution in [0.25, 0.3) is 0 Å². The van der Waals surface area contributed by atoms with Crippen molar-refractivity contribution < 1.29 is 9.53 Å². The Morgan fingerprint density at radius 3 is 2.59 bits per heavy atom. The maximum atomic E-state index is 11.6. The number of hydrogen-bond acceptors (Lipinski definition) is 4. The molecule has 0 spiro atoms. The molecule has 1 rings (SSSR count). The Balaban J connectivity index is 2.09. The van der Waals surface area contributed by atoms with Gasteiger partial charge >= 0.3 is 5.97 Å². The van der Waals surface area contributed by atoms with Crippen molar-refractivity contribution in [2.45, 2.75) is 24.7 Å². The summed E-state index contributed by atoms with van der Waals surface area (Å²) < 4.78 is 5.18. The van der Waals surface area contributed by atoms with Crippen LogP contribution in [-0.2, 0) is 9.53 Å². The number of ether oxygens (including phenoxy) is 1. The lowest BCUT2D eigenvalue weighted by Crippen LogP contribution is -2.07. The van der Waals surface area contributed by atoms with Gasteiger partial charge in [-0.15, -0.1) is 0 Å². The highest BCUT2D eigenvalue weighted by Crippen LogP contribution is 2.31.